The molecule has 0 atom stereocenters. The van der Waals surface area contributed by atoms with Gasteiger partial charge in [-0.3, -0.25) is 19.4 Å². The van der Waals surface area contributed by atoms with Crippen LogP contribution in [0.3, 0.4) is 0 Å². The van der Waals surface area contributed by atoms with E-state index in [1.165, 1.54) is 17.8 Å². The topological polar surface area (TPSA) is 95.9 Å². The van der Waals surface area contributed by atoms with Crippen molar-refractivity contribution >= 4 is 39.9 Å². The van der Waals surface area contributed by atoms with Crippen LogP contribution in [-0.2, 0) is 4.79 Å². The van der Waals surface area contributed by atoms with Gasteiger partial charge in [0.25, 0.3) is 5.91 Å². The summed E-state index contributed by atoms with van der Waals surface area (Å²) in [6.07, 6.45) is 4.79. The van der Waals surface area contributed by atoms with Crippen LogP contribution in [-0.4, -0.2) is 64.9 Å². The second-order valence-electron chi connectivity index (χ2n) is 10.8. The van der Waals surface area contributed by atoms with Gasteiger partial charge in [-0.1, -0.05) is 41.5 Å². The van der Waals surface area contributed by atoms with Crippen molar-refractivity contribution in [2.75, 3.05) is 37.7 Å². The molecule has 0 spiro atoms. The van der Waals surface area contributed by atoms with Crippen LogP contribution in [0, 0.1) is 25.7 Å². The number of carboxylic acid groups (broad SMARTS) is 1. The molecule has 2 aliphatic rings. The van der Waals surface area contributed by atoms with Crippen LogP contribution in [0.4, 0.5) is 5.13 Å². The first kappa shape index (κ1) is 28.5. The molecular weight excluding hydrogens is 548 g/mol. The fraction of sp³-hybridized carbons (Fsp3) is 0.467. The lowest BCUT2D eigenvalue weighted by atomic mass is 9.85. The van der Waals surface area contributed by atoms with E-state index in [0.29, 0.717) is 47.6 Å². The molecular formula is C30H35ClN4O4S. The van der Waals surface area contributed by atoms with Gasteiger partial charge in [-0.25, -0.2) is 0 Å². The van der Waals surface area contributed by atoms with Gasteiger partial charge in [-0.2, -0.15) is 0 Å². The summed E-state index contributed by atoms with van der Waals surface area (Å²) in [4.78, 5) is 28.7. The van der Waals surface area contributed by atoms with Crippen LogP contribution in [0.15, 0.2) is 36.4 Å². The van der Waals surface area contributed by atoms with Crippen LogP contribution < -0.4 is 9.64 Å². The highest BCUT2D eigenvalue weighted by atomic mass is 35.5. The normalized spacial score (nSPS) is 16.5. The molecule has 1 aliphatic carbocycles. The number of aromatic nitrogens is 2. The van der Waals surface area contributed by atoms with Gasteiger partial charge in [0.05, 0.1) is 16.5 Å². The molecule has 3 aromatic rings. The Labute approximate surface area is 243 Å². The standard InChI is InChI=1S/C30H35ClN4O4S/c1-19-16-23(17-20(2)26(19)39-15-14-34-12-10-22(11-13-34)29(37)38)27-32-33-30(40-27)35(18-21-6-5-7-21)28(36)24-8-3-4-9-25(24)31/h3-4,8-9,16-17,21-22H,5-7,10-15,18H2,1-2H3,(H,37,38). The van der Waals surface area contributed by atoms with Crippen LogP contribution in [0.1, 0.15) is 53.6 Å². The number of anilines is 1. The van der Waals surface area contributed by atoms with Gasteiger partial charge < -0.3 is 9.84 Å². The third-order valence-corrected chi connectivity index (χ3v) is 9.28. The van der Waals surface area contributed by atoms with Gasteiger partial charge in [-0.15, -0.1) is 10.2 Å². The van der Waals surface area contributed by atoms with Gasteiger partial charge in [0.15, 0.2) is 0 Å². The number of ether oxygens (including phenoxy) is 1. The highest BCUT2D eigenvalue weighted by molar-refractivity contribution is 7.18. The third-order valence-electron chi connectivity index (χ3n) is 7.96. The number of hydrogen-bond acceptors (Lipinski definition) is 7. The van der Waals surface area contributed by atoms with E-state index in [2.05, 4.69) is 27.2 Å². The molecule has 1 saturated carbocycles. The van der Waals surface area contributed by atoms with Gasteiger partial charge in [0.2, 0.25) is 5.13 Å². The summed E-state index contributed by atoms with van der Waals surface area (Å²) in [6, 6.07) is 11.2. The summed E-state index contributed by atoms with van der Waals surface area (Å²) >= 11 is 7.78. The molecule has 1 saturated heterocycles. The summed E-state index contributed by atoms with van der Waals surface area (Å²) in [7, 11) is 0. The van der Waals surface area contributed by atoms with E-state index in [1.54, 1.807) is 17.0 Å². The minimum Gasteiger partial charge on any atom is -0.492 e. The quantitative estimate of drug-likeness (QED) is 0.309. The maximum Gasteiger partial charge on any atom is 0.306 e. The van der Waals surface area contributed by atoms with E-state index in [0.717, 1.165) is 59.9 Å². The number of carbonyl (C=O) groups excluding carboxylic acids is 1. The molecule has 1 amide bonds. The maximum absolute atomic E-state index is 13.5. The number of nitrogens with zero attached hydrogens (tertiary/aromatic N) is 4. The summed E-state index contributed by atoms with van der Waals surface area (Å²) in [5, 5.41) is 19.9. The molecule has 0 unspecified atom stereocenters. The molecule has 5 rings (SSSR count). The predicted octanol–water partition coefficient (Wildman–Crippen LogP) is 6.10. The molecule has 1 N–H and O–H groups in total. The van der Waals surface area contributed by atoms with Crippen LogP contribution in [0.2, 0.25) is 5.02 Å². The van der Waals surface area contributed by atoms with Crippen molar-refractivity contribution in [1.29, 1.82) is 0 Å². The number of likely N-dealkylation sites (tertiary alicyclic amines) is 1. The number of carbonyl (C=O) groups is 2. The number of rotatable bonds is 10. The van der Waals surface area contributed by atoms with E-state index >= 15 is 0 Å². The molecule has 0 radical (unpaired) electrons. The van der Waals surface area contributed by atoms with E-state index in [4.69, 9.17) is 16.3 Å². The third kappa shape index (κ3) is 6.48. The molecule has 0 bridgehead atoms. The lowest BCUT2D eigenvalue weighted by Gasteiger charge is -2.31. The van der Waals surface area contributed by atoms with Crippen molar-refractivity contribution in [1.82, 2.24) is 15.1 Å². The van der Waals surface area contributed by atoms with E-state index in [9.17, 15) is 14.7 Å². The highest BCUT2D eigenvalue weighted by Gasteiger charge is 2.29. The molecule has 2 heterocycles. The van der Waals surface area contributed by atoms with E-state index in [1.807, 2.05) is 26.0 Å². The lowest BCUT2D eigenvalue weighted by Crippen LogP contribution is -2.38. The number of carboxylic acids is 1. The number of benzene rings is 2. The molecule has 2 aromatic carbocycles. The minimum atomic E-state index is -0.692. The Morgan fingerprint density at radius 1 is 1.10 bits per heavy atom. The van der Waals surface area contributed by atoms with Gasteiger partial charge in [0, 0.05) is 18.7 Å². The molecule has 212 valence electrons. The molecule has 40 heavy (non-hydrogen) atoms. The first-order chi connectivity index (χ1) is 19.3. The fourth-order valence-electron chi connectivity index (χ4n) is 5.38. The second-order valence-corrected chi connectivity index (χ2v) is 12.2. The summed E-state index contributed by atoms with van der Waals surface area (Å²) in [6.45, 7) is 7.54. The fourth-order valence-corrected chi connectivity index (χ4v) is 6.44. The van der Waals surface area contributed by atoms with Crippen LogP contribution in [0.25, 0.3) is 10.6 Å². The SMILES string of the molecule is Cc1cc(-c2nnc(N(CC3CCC3)C(=O)c3ccccc3Cl)s2)cc(C)c1OCCN1CCC(C(=O)O)CC1. The summed E-state index contributed by atoms with van der Waals surface area (Å²) < 4.78 is 6.18. The second kappa shape index (κ2) is 12.7. The minimum absolute atomic E-state index is 0.150. The summed E-state index contributed by atoms with van der Waals surface area (Å²) in [5.74, 6) is 0.249. The van der Waals surface area contributed by atoms with Crippen LogP contribution in [0.5, 0.6) is 5.75 Å². The highest BCUT2D eigenvalue weighted by Crippen LogP contribution is 2.36. The number of hydrogen-bond donors (Lipinski definition) is 1. The van der Waals surface area contributed by atoms with Gasteiger partial charge in [0.1, 0.15) is 17.4 Å². The van der Waals surface area contributed by atoms with Crippen molar-refractivity contribution in [3.05, 3.63) is 58.1 Å². The zero-order chi connectivity index (χ0) is 28.2. The molecule has 2 fully saturated rings. The molecule has 10 heteroatoms. The zero-order valence-electron chi connectivity index (χ0n) is 22.9. The Morgan fingerprint density at radius 3 is 2.42 bits per heavy atom. The Hall–Kier alpha value is -3.01. The Bertz CT molecular complexity index is 1340. The number of aliphatic carboxylic acids is 1. The Balaban J connectivity index is 1.27. The van der Waals surface area contributed by atoms with Gasteiger partial charge in [-0.05, 0) is 93.9 Å². The molecule has 1 aliphatic heterocycles. The van der Waals surface area contributed by atoms with E-state index < -0.39 is 5.97 Å². The average Bonchev–Trinajstić information content (AvgIpc) is 3.40. The van der Waals surface area contributed by atoms with Crippen molar-refractivity contribution in [3.8, 4) is 16.3 Å². The number of piperidine rings is 1. The van der Waals surface area contributed by atoms with Crippen molar-refractivity contribution in [3.63, 3.8) is 0 Å². The largest absolute Gasteiger partial charge is 0.492 e. The zero-order valence-corrected chi connectivity index (χ0v) is 24.5. The Morgan fingerprint density at radius 2 is 1.80 bits per heavy atom. The maximum atomic E-state index is 13.5. The summed E-state index contributed by atoms with van der Waals surface area (Å²) in [5.41, 5.74) is 3.43. The first-order valence-electron chi connectivity index (χ1n) is 13.9. The number of aryl methyl sites for hydroxylation is 2. The lowest BCUT2D eigenvalue weighted by molar-refractivity contribution is -0.143. The van der Waals surface area contributed by atoms with Crippen molar-refractivity contribution in [2.24, 2.45) is 11.8 Å². The van der Waals surface area contributed by atoms with Crippen molar-refractivity contribution in [2.45, 2.75) is 46.0 Å². The monoisotopic (exact) mass is 582 g/mol. The average molecular weight is 583 g/mol. The van der Waals surface area contributed by atoms with Gasteiger partial charge >= 0.3 is 5.97 Å². The predicted molar refractivity (Wildman–Crippen MR) is 158 cm³/mol. The number of halogens is 1. The van der Waals surface area contributed by atoms with Crippen LogP contribution >= 0.6 is 22.9 Å². The first-order valence-corrected chi connectivity index (χ1v) is 15.1. The number of amides is 1. The van der Waals surface area contributed by atoms with E-state index in [-0.39, 0.29) is 11.8 Å². The van der Waals surface area contributed by atoms with Crippen molar-refractivity contribution < 1.29 is 19.4 Å². The smallest absolute Gasteiger partial charge is 0.306 e. The molecule has 1 aromatic heterocycles. The Kier molecular flexibility index (Phi) is 9.03. The molecule has 8 nitrogen and oxygen atoms in total.